The normalized spacial score (nSPS) is 12.8. The number of aliphatic hydroxyl groups excluding tert-OH is 1. The molecular weight excluding hydrogens is 286 g/mol. The second-order valence-corrected chi connectivity index (χ2v) is 4.81. The summed E-state index contributed by atoms with van der Waals surface area (Å²) in [4.78, 5) is 0. The second-order valence-electron chi connectivity index (χ2n) is 4.37. The first kappa shape index (κ1) is 13.1. The lowest BCUT2D eigenvalue weighted by Crippen LogP contribution is -2.04. The maximum atomic E-state index is 13.6. The first-order valence-electron chi connectivity index (χ1n) is 5.87. The Hall–Kier alpha value is -1.91. The molecule has 0 aliphatic rings. The van der Waals surface area contributed by atoms with Crippen molar-refractivity contribution in [3.63, 3.8) is 0 Å². The third kappa shape index (κ3) is 2.17. The molecular formula is C15H9ClF2O2. The lowest BCUT2D eigenvalue weighted by molar-refractivity contribution is 0.182. The van der Waals surface area contributed by atoms with Crippen LogP contribution in [0.2, 0.25) is 5.02 Å². The van der Waals surface area contributed by atoms with Gasteiger partial charge < -0.3 is 9.52 Å². The van der Waals surface area contributed by atoms with E-state index in [1.807, 2.05) is 0 Å². The quantitative estimate of drug-likeness (QED) is 0.757. The van der Waals surface area contributed by atoms with Crippen LogP contribution in [0.25, 0.3) is 11.0 Å². The number of furan rings is 1. The summed E-state index contributed by atoms with van der Waals surface area (Å²) in [5, 5.41) is 11.3. The molecule has 1 aromatic heterocycles. The monoisotopic (exact) mass is 294 g/mol. The van der Waals surface area contributed by atoms with Gasteiger partial charge in [0.2, 0.25) is 0 Å². The summed E-state index contributed by atoms with van der Waals surface area (Å²) in [5.74, 6) is -1.58. The Bertz CT molecular complexity index is 762. The summed E-state index contributed by atoms with van der Waals surface area (Å²) in [5.41, 5.74) is 0.0536. The summed E-state index contributed by atoms with van der Waals surface area (Å²) >= 11 is 5.85. The van der Waals surface area contributed by atoms with Crippen LogP contribution in [-0.4, -0.2) is 5.11 Å². The van der Waals surface area contributed by atoms with Crippen molar-refractivity contribution >= 4 is 22.6 Å². The van der Waals surface area contributed by atoms with Crippen molar-refractivity contribution in [2.75, 3.05) is 0 Å². The minimum atomic E-state index is -1.51. The number of benzene rings is 2. The van der Waals surface area contributed by atoms with Crippen LogP contribution < -0.4 is 0 Å². The number of hydrogen-bond acceptors (Lipinski definition) is 2. The predicted molar refractivity (Wildman–Crippen MR) is 71.6 cm³/mol. The number of hydrogen-bond donors (Lipinski definition) is 1. The molecule has 5 heteroatoms. The Morgan fingerprint density at radius 1 is 1.05 bits per heavy atom. The first-order valence-corrected chi connectivity index (χ1v) is 6.25. The molecule has 1 unspecified atom stereocenters. The molecule has 2 aromatic carbocycles. The lowest BCUT2D eigenvalue weighted by atomic mass is 10.1. The van der Waals surface area contributed by atoms with Crippen molar-refractivity contribution in [1.29, 1.82) is 0 Å². The van der Waals surface area contributed by atoms with E-state index in [1.165, 1.54) is 12.1 Å². The Morgan fingerprint density at radius 2 is 1.75 bits per heavy atom. The van der Waals surface area contributed by atoms with Gasteiger partial charge in [0.15, 0.2) is 0 Å². The molecule has 1 heterocycles. The molecule has 20 heavy (non-hydrogen) atoms. The number of halogens is 3. The van der Waals surface area contributed by atoms with Gasteiger partial charge in [0.05, 0.1) is 5.56 Å². The Balaban J connectivity index is 2.10. The standard InChI is InChI=1S/C15H9ClF2O2/c16-9-4-5-12-8(6-9)7-13(20-12)15(19)14-10(17)2-1-3-11(14)18/h1-7,15,19H. The highest BCUT2D eigenvalue weighted by Gasteiger charge is 2.22. The molecule has 102 valence electrons. The molecule has 3 aromatic rings. The highest BCUT2D eigenvalue weighted by atomic mass is 35.5. The molecule has 3 rings (SSSR count). The first-order chi connectivity index (χ1) is 9.56. The second kappa shape index (κ2) is 4.89. The van der Waals surface area contributed by atoms with Gasteiger partial charge in [-0.2, -0.15) is 0 Å². The van der Waals surface area contributed by atoms with Crippen LogP contribution in [0.15, 0.2) is 46.9 Å². The number of rotatable bonds is 2. The van der Waals surface area contributed by atoms with Crippen molar-refractivity contribution in [3.8, 4) is 0 Å². The van der Waals surface area contributed by atoms with Crippen molar-refractivity contribution in [1.82, 2.24) is 0 Å². The average molecular weight is 295 g/mol. The third-order valence-corrected chi connectivity index (χ3v) is 3.28. The predicted octanol–water partition coefficient (Wildman–Crippen LogP) is 4.45. The van der Waals surface area contributed by atoms with Crippen LogP contribution in [0.5, 0.6) is 0 Å². The van der Waals surface area contributed by atoms with Gasteiger partial charge in [0.25, 0.3) is 0 Å². The van der Waals surface area contributed by atoms with E-state index in [0.29, 0.717) is 16.0 Å². The van der Waals surface area contributed by atoms with Gasteiger partial charge in [-0.1, -0.05) is 17.7 Å². The summed E-state index contributed by atoms with van der Waals surface area (Å²) in [7, 11) is 0. The highest BCUT2D eigenvalue weighted by Crippen LogP contribution is 2.31. The minimum absolute atomic E-state index is 0.0614. The van der Waals surface area contributed by atoms with Gasteiger partial charge in [-0.15, -0.1) is 0 Å². The largest absolute Gasteiger partial charge is 0.458 e. The van der Waals surface area contributed by atoms with Crippen LogP contribution in [0.1, 0.15) is 17.4 Å². The molecule has 0 fully saturated rings. The Kier molecular flexibility index (Phi) is 3.20. The Morgan fingerprint density at radius 3 is 2.45 bits per heavy atom. The molecule has 2 nitrogen and oxygen atoms in total. The molecule has 0 saturated heterocycles. The van der Waals surface area contributed by atoms with Crippen molar-refractivity contribution in [3.05, 3.63) is 70.4 Å². The van der Waals surface area contributed by atoms with E-state index in [0.717, 1.165) is 12.1 Å². The van der Waals surface area contributed by atoms with Crippen LogP contribution in [0.3, 0.4) is 0 Å². The number of aliphatic hydroxyl groups is 1. The van der Waals surface area contributed by atoms with Gasteiger partial charge in [-0.3, -0.25) is 0 Å². The van der Waals surface area contributed by atoms with E-state index in [2.05, 4.69) is 0 Å². The highest BCUT2D eigenvalue weighted by molar-refractivity contribution is 6.31. The minimum Gasteiger partial charge on any atom is -0.458 e. The van der Waals surface area contributed by atoms with Crippen LogP contribution in [0, 0.1) is 11.6 Å². The van der Waals surface area contributed by atoms with Crippen molar-refractivity contribution in [2.45, 2.75) is 6.10 Å². The van der Waals surface area contributed by atoms with E-state index < -0.39 is 23.3 Å². The SMILES string of the molecule is OC(c1cc2cc(Cl)ccc2o1)c1c(F)cccc1F. The summed E-state index contributed by atoms with van der Waals surface area (Å²) in [6, 6.07) is 9.83. The maximum absolute atomic E-state index is 13.6. The fraction of sp³-hybridized carbons (Fsp3) is 0.0667. The Labute approximate surface area is 118 Å². The van der Waals surface area contributed by atoms with Gasteiger partial charge in [-0.25, -0.2) is 8.78 Å². The molecule has 1 atom stereocenters. The average Bonchev–Trinajstić information content (AvgIpc) is 2.81. The molecule has 0 amide bonds. The fourth-order valence-electron chi connectivity index (χ4n) is 2.08. The summed E-state index contributed by atoms with van der Waals surface area (Å²) in [6.07, 6.45) is -1.51. The van der Waals surface area contributed by atoms with E-state index in [-0.39, 0.29) is 5.76 Å². The summed E-state index contributed by atoms with van der Waals surface area (Å²) < 4.78 is 32.7. The topological polar surface area (TPSA) is 33.4 Å². The van der Waals surface area contributed by atoms with E-state index in [1.54, 1.807) is 18.2 Å². The van der Waals surface area contributed by atoms with Gasteiger partial charge >= 0.3 is 0 Å². The van der Waals surface area contributed by atoms with E-state index in [9.17, 15) is 13.9 Å². The zero-order chi connectivity index (χ0) is 14.3. The zero-order valence-corrected chi connectivity index (χ0v) is 10.9. The molecule has 0 aliphatic heterocycles. The number of fused-ring (bicyclic) bond motifs is 1. The molecule has 0 radical (unpaired) electrons. The van der Waals surface area contributed by atoms with Crippen LogP contribution >= 0.6 is 11.6 Å². The fourth-order valence-corrected chi connectivity index (χ4v) is 2.26. The smallest absolute Gasteiger partial charge is 0.142 e. The van der Waals surface area contributed by atoms with Crippen molar-refractivity contribution in [2.24, 2.45) is 0 Å². The molecule has 0 bridgehead atoms. The van der Waals surface area contributed by atoms with Crippen LogP contribution in [0.4, 0.5) is 8.78 Å². The van der Waals surface area contributed by atoms with Crippen molar-refractivity contribution < 1.29 is 18.3 Å². The lowest BCUT2D eigenvalue weighted by Gasteiger charge is -2.09. The summed E-state index contributed by atoms with van der Waals surface area (Å²) in [6.45, 7) is 0. The van der Waals surface area contributed by atoms with E-state index >= 15 is 0 Å². The van der Waals surface area contributed by atoms with Gasteiger partial charge in [0.1, 0.15) is 29.1 Å². The van der Waals surface area contributed by atoms with E-state index in [4.69, 9.17) is 16.0 Å². The molecule has 0 aliphatic carbocycles. The zero-order valence-electron chi connectivity index (χ0n) is 10.1. The van der Waals surface area contributed by atoms with Gasteiger partial charge in [0, 0.05) is 10.4 Å². The molecule has 0 saturated carbocycles. The third-order valence-electron chi connectivity index (χ3n) is 3.04. The van der Waals surface area contributed by atoms with Gasteiger partial charge in [-0.05, 0) is 36.4 Å². The maximum Gasteiger partial charge on any atom is 0.142 e. The molecule has 1 N–H and O–H groups in total. The molecule has 0 spiro atoms. The van der Waals surface area contributed by atoms with Crippen LogP contribution in [-0.2, 0) is 0 Å².